The van der Waals surface area contributed by atoms with Crippen molar-refractivity contribution < 1.29 is 0 Å². The summed E-state index contributed by atoms with van der Waals surface area (Å²) in [5, 5.41) is 3.38. The van der Waals surface area contributed by atoms with Gasteiger partial charge in [0.05, 0.1) is 0 Å². The molecule has 2 nitrogen and oxygen atoms in total. The molecule has 1 rings (SSSR count). The lowest BCUT2D eigenvalue weighted by atomic mass is 10.1. The maximum absolute atomic E-state index is 3.38. The molecular formula is C19H34N2. The van der Waals surface area contributed by atoms with Gasteiger partial charge in [-0.3, -0.25) is 4.90 Å². The molecule has 1 atom stereocenters. The average molecular weight is 290 g/mol. The van der Waals surface area contributed by atoms with Crippen LogP contribution in [0.5, 0.6) is 0 Å². The van der Waals surface area contributed by atoms with E-state index in [2.05, 4.69) is 62.2 Å². The molecule has 0 fully saturated rings. The molecule has 0 radical (unpaired) electrons. The van der Waals surface area contributed by atoms with E-state index < -0.39 is 0 Å². The van der Waals surface area contributed by atoms with Crippen LogP contribution in [-0.4, -0.2) is 30.6 Å². The number of hydrogen-bond acceptors (Lipinski definition) is 2. The Morgan fingerprint density at radius 1 is 1.05 bits per heavy atom. The Bertz CT molecular complexity index is 358. The summed E-state index contributed by atoms with van der Waals surface area (Å²) in [6, 6.07) is 9.87. The molecule has 0 heterocycles. The van der Waals surface area contributed by atoms with E-state index in [1.165, 1.54) is 36.9 Å². The maximum Gasteiger partial charge on any atom is 0.0236 e. The third-order valence-electron chi connectivity index (χ3n) is 4.26. The fourth-order valence-corrected chi connectivity index (χ4v) is 2.53. The van der Waals surface area contributed by atoms with E-state index in [1.807, 2.05) is 0 Å². The van der Waals surface area contributed by atoms with Crippen molar-refractivity contribution in [3.05, 3.63) is 35.4 Å². The van der Waals surface area contributed by atoms with Gasteiger partial charge in [-0.1, -0.05) is 51.5 Å². The Hall–Kier alpha value is -0.860. The van der Waals surface area contributed by atoms with Crippen molar-refractivity contribution in [3.63, 3.8) is 0 Å². The summed E-state index contributed by atoms with van der Waals surface area (Å²) in [7, 11) is 0. The van der Waals surface area contributed by atoms with Crippen LogP contribution in [0.15, 0.2) is 24.3 Å². The minimum Gasteiger partial charge on any atom is -0.317 e. The Morgan fingerprint density at radius 2 is 1.71 bits per heavy atom. The van der Waals surface area contributed by atoms with Crippen LogP contribution in [0.1, 0.15) is 58.1 Å². The zero-order valence-electron chi connectivity index (χ0n) is 14.5. The minimum absolute atomic E-state index is 0.671. The highest BCUT2D eigenvalue weighted by molar-refractivity contribution is 5.22. The second-order valence-corrected chi connectivity index (χ2v) is 6.00. The summed E-state index contributed by atoms with van der Waals surface area (Å²) in [5.74, 6) is 0. The van der Waals surface area contributed by atoms with E-state index in [0.717, 1.165) is 26.1 Å². The Balaban J connectivity index is 2.54. The van der Waals surface area contributed by atoms with Crippen molar-refractivity contribution in [2.75, 3.05) is 19.6 Å². The van der Waals surface area contributed by atoms with Crippen molar-refractivity contribution >= 4 is 0 Å². The van der Waals surface area contributed by atoms with Crippen molar-refractivity contribution in [1.29, 1.82) is 0 Å². The summed E-state index contributed by atoms with van der Waals surface area (Å²) in [6.45, 7) is 13.5. The summed E-state index contributed by atoms with van der Waals surface area (Å²) in [5.41, 5.74) is 2.88. The van der Waals surface area contributed by atoms with Crippen molar-refractivity contribution in [2.45, 2.75) is 66.0 Å². The van der Waals surface area contributed by atoms with E-state index in [0.29, 0.717) is 6.04 Å². The summed E-state index contributed by atoms with van der Waals surface area (Å²) >= 11 is 0. The predicted molar refractivity (Wildman–Crippen MR) is 93.8 cm³/mol. The molecule has 0 bridgehead atoms. The Morgan fingerprint density at radius 3 is 2.29 bits per heavy atom. The number of rotatable bonds is 11. The van der Waals surface area contributed by atoms with Crippen LogP contribution in [0.2, 0.25) is 0 Å². The fraction of sp³-hybridized carbons (Fsp3) is 0.684. The first-order valence-electron chi connectivity index (χ1n) is 8.73. The highest BCUT2D eigenvalue weighted by Gasteiger charge is 2.11. The molecule has 2 heteroatoms. The molecule has 1 aromatic rings. The van der Waals surface area contributed by atoms with Gasteiger partial charge >= 0.3 is 0 Å². The first kappa shape index (κ1) is 18.2. The SMILES string of the molecule is CCCCN(Cc1ccc(CCNCC)cc1)C(C)CC. The Labute approximate surface area is 131 Å². The normalized spacial score (nSPS) is 12.8. The average Bonchev–Trinajstić information content (AvgIpc) is 2.52. The molecule has 0 spiro atoms. The van der Waals surface area contributed by atoms with Gasteiger partial charge < -0.3 is 5.32 Å². The third-order valence-corrected chi connectivity index (χ3v) is 4.26. The van der Waals surface area contributed by atoms with Gasteiger partial charge in [-0.25, -0.2) is 0 Å². The van der Waals surface area contributed by atoms with Gasteiger partial charge in [0.25, 0.3) is 0 Å². The van der Waals surface area contributed by atoms with Crippen LogP contribution in [-0.2, 0) is 13.0 Å². The Kier molecular flexibility index (Phi) is 9.36. The second kappa shape index (κ2) is 10.8. The van der Waals surface area contributed by atoms with Gasteiger partial charge in [-0.2, -0.15) is 0 Å². The molecule has 0 aliphatic rings. The molecule has 0 aliphatic heterocycles. The van der Waals surface area contributed by atoms with Gasteiger partial charge in [-0.05, 0) is 56.9 Å². The van der Waals surface area contributed by atoms with Crippen LogP contribution < -0.4 is 5.32 Å². The number of hydrogen-bond donors (Lipinski definition) is 1. The van der Waals surface area contributed by atoms with E-state index in [9.17, 15) is 0 Å². The van der Waals surface area contributed by atoms with Crippen LogP contribution in [0.25, 0.3) is 0 Å². The van der Waals surface area contributed by atoms with Crippen LogP contribution in [0.4, 0.5) is 0 Å². The van der Waals surface area contributed by atoms with Crippen LogP contribution in [0, 0.1) is 0 Å². The lowest BCUT2D eigenvalue weighted by Crippen LogP contribution is -2.33. The highest BCUT2D eigenvalue weighted by atomic mass is 15.1. The van der Waals surface area contributed by atoms with E-state index in [4.69, 9.17) is 0 Å². The number of unbranched alkanes of at least 4 members (excludes halogenated alkanes) is 1. The molecule has 0 amide bonds. The third kappa shape index (κ3) is 7.10. The first-order valence-corrected chi connectivity index (χ1v) is 8.73. The molecule has 1 N–H and O–H groups in total. The first-order chi connectivity index (χ1) is 10.2. The second-order valence-electron chi connectivity index (χ2n) is 6.00. The van der Waals surface area contributed by atoms with Crippen LogP contribution >= 0.6 is 0 Å². The van der Waals surface area contributed by atoms with E-state index >= 15 is 0 Å². The molecule has 21 heavy (non-hydrogen) atoms. The van der Waals surface area contributed by atoms with E-state index in [1.54, 1.807) is 0 Å². The molecule has 1 aromatic carbocycles. The van der Waals surface area contributed by atoms with Gasteiger partial charge in [-0.15, -0.1) is 0 Å². The standard InChI is InChI=1S/C19H34N2/c1-5-8-15-21(17(4)6-2)16-19-11-9-18(10-12-19)13-14-20-7-3/h9-12,17,20H,5-8,13-16H2,1-4H3. The van der Waals surface area contributed by atoms with Gasteiger partial charge in [0.1, 0.15) is 0 Å². The van der Waals surface area contributed by atoms with Gasteiger partial charge in [0, 0.05) is 12.6 Å². The molecule has 0 aliphatic carbocycles. The molecule has 0 aromatic heterocycles. The molecule has 1 unspecified atom stereocenters. The number of likely N-dealkylation sites (N-methyl/N-ethyl adjacent to an activating group) is 1. The minimum atomic E-state index is 0.671. The summed E-state index contributed by atoms with van der Waals surface area (Å²) in [4.78, 5) is 2.62. The predicted octanol–water partition coefficient (Wildman–Crippen LogP) is 4.24. The quantitative estimate of drug-likeness (QED) is 0.613. The zero-order chi connectivity index (χ0) is 15.5. The molecular weight excluding hydrogens is 256 g/mol. The lowest BCUT2D eigenvalue weighted by Gasteiger charge is -2.28. The van der Waals surface area contributed by atoms with Gasteiger partial charge in [0.15, 0.2) is 0 Å². The number of benzene rings is 1. The molecule has 120 valence electrons. The number of nitrogens with zero attached hydrogens (tertiary/aromatic N) is 1. The smallest absolute Gasteiger partial charge is 0.0236 e. The molecule has 0 saturated heterocycles. The molecule has 0 saturated carbocycles. The van der Waals surface area contributed by atoms with E-state index in [-0.39, 0.29) is 0 Å². The van der Waals surface area contributed by atoms with Crippen molar-refractivity contribution in [1.82, 2.24) is 10.2 Å². The monoisotopic (exact) mass is 290 g/mol. The maximum atomic E-state index is 3.38. The summed E-state index contributed by atoms with van der Waals surface area (Å²) < 4.78 is 0. The highest BCUT2D eigenvalue weighted by Crippen LogP contribution is 2.13. The van der Waals surface area contributed by atoms with Crippen molar-refractivity contribution in [3.8, 4) is 0 Å². The fourth-order valence-electron chi connectivity index (χ4n) is 2.53. The zero-order valence-corrected chi connectivity index (χ0v) is 14.5. The largest absolute Gasteiger partial charge is 0.317 e. The topological polar surface area (TPSA) is 15.3 Å². The lowest BCUT2D eigenvalue weighted by molar-refractivity contribution is 0.192. The van der Waals surface area contributed by atoms with Crippen LogP contribution in [0.3, 0.4) is 0 Å². The van der Waals surface area contributed by atoms with Gasteiger partial charge in [0.2, 0.25) is 0 Å². The van der Waals surface area contributed by atoms with Crippen molar-refractivity contribution in [2.24, 2.45) is 0 Å². The summed E-state index contributed by atoms with van der Waals surface area (Å²) in [6.07, 6.45) is 4.92. The number of nitrogens with one attached hydrogen (secondary N) is 1.